The molecule has 0 bridgehead atoms. The number of nitrogens with zero attached hydrogens (tertiary/aromatic N) is 1. The number of anilines is 1. The molecule has 1 aromatic carbocycles. The fourth-order valence-electron chi connectivity index (χ4n) is 2.55. The largest absolute Gasteiger partial charge is 0.325 e. The van der Waals surface area contributed by atoms with Gasteiger partial charge in [-0.05, 0) is 51.6 Å². The summed E-state index contributed by atoms with van der Waals surface area (Å²) in [5.74, 6) is -0.0412. The summed E-state index contributed by atoms with van der Waals surface area (Å²) in [5.41, 5.74) is 0.964. The van der Waals surface area contributed by atoms with Crippen LogP contribution in [0.4, 0.5) is 5.69 Å². The van der Waals surface area contributed by atoms with Crippen molar-refractivity contribution in [2.45, 2.75) is 24.8 Å². The highest BCUT2D eigenvalue weighted by Crippen LogP contribution is 2.35. The Balaban J connectivity index is 1.75. The lowest BCUT2D eigenvalue weighted by Gasteiger charge is -2.47. The van der Waals surface area contributed by atoms with Gasteiger partial charge >= 0.3 is 0 Å². The number of benzene rings is 1. The molecule has 1 fully saturated rings. The number of halogens is 1. The Labute approximate surface area is 125 Å². The van der Waals surface area contributed by atoms with Crippen LogP contribution in [0.2, 0.25) is 5.02 Å². The van der Waals surface area contributed by atoms with E-state index in [0.29, 0.717) is 11.6 Å². The molecule has 5 heteroatoms. The standard InChI is InChI=1S/C15H22ClN3O/c1-19(2)15(7-4-8-15)11-17-10-14(20)18-13-6-3-5-12(16)9-13/h3,5-6,9,17H,4,7-8,10-11H2,1-2H3,(H,18,20). The first-order chi connectivity index (χ1) is 9.52. The number of carbonyl (C=O) groups is 1. The Bertz CT molecular complexity index is 472. The van der Waals surface area contributed by atoms with Crippen molar-refractivity contribution in [2.75, 3.05) is 32.5 Å². The molecule has 0 aliphatic heterocycles. The SMILES string of the molecule is CN(C)C1(CNCC(=O)Nc2cccc(Cl)c2)CCC1. The van der Waals surface area contributed by atoms with Crippen molar-refractivity contribution < 1.29 is 4.79 Å². The highest BCUT2D eigenvalue weighted by Gasteiger charge is 2.38. The number of carbonyl (C=O) groups excluding carboxylic acids is 1. The molecule has 1 aliphatic carbocycles. The summed E-state index contributed by atoms with van der Waals surface area (Å²) in [5, 5.41) is 6.71. The van der Waals surface area contributed by atoms with Crippen molar-refractivity contribution in [1.29, 1.82) is 0 Å². The number of hydrogen-bond donors (Lipinski definition) is 2. The molecule has 1 aromatic rings. The Kier molecular flexibility index (Phi) is 5.02. The van der Waals surface area contributed by atoms with Crippen LogP contribution < -0.4 is 10.6 Å². The molecule has 1 aliphatic rings. The maximum absolute atomic E-state index is 11.9. The fourth-order valence-corrected chi connectivity index (χ4v) is 2.74. The van der Waals surface area contributed by atoms with Crippen molar-refractivity contribution in [3.63, 3.8) is 0 Å². The molecule has 0 spiro atoms. The van der Waals surface area contributed by atoms with Crippen molar-refractivity contribution in [2.24, 2.45) is 0 Å². The predicted octanol–water partition coefficient (Wildman–Crippen LogP) is 2.35. The number of rotatable bonds is 6. The molecule has 1 amide bonds. The average Bonchev–Trinajstić information content (AvgIpc) is 2.32. The highest BCUT2D eigenvalue weighted by atomic mass is 35.5. The molecule has 0 unspecified atom stereocenters. The average molecular weight is 296 g/mol. The number of nitrogens with one attached hydrogen (secondary N) is 2. The van der Waals surface area contributed by atoms with Gasteiger partial charge in [0.1, 0.15) is 0 Å². The number of amides is 1. The van der Waals surface area contributed by atoms with Crippen LogP contribution in [0.5, 0.6) is 0 Å². The smallest absolute Gasteiger partial charge is 0.238 e. The van der Waals surface area contributed by atoms with Gasteiger partial charge in [0.2, 0.25) is 5.91 Å². The van der Waals surface area contributed by atoms with Crippen molar-refractivity contribution in [3.05, 3.63) is 29.3 Å². The lowest BCUT2D eigenvalue weighted by molar-refractivity contribution is -0.115. The van der Waals surface area contributed by atoms with E-state index in [-0.39, 0.29) is 11.4 Å². The van der Waals surface area contributed by atoms with Gasteiger partial charge in [0, 0.05) is 22.8 Å². The van der Waals surface area contributed by atoms with E-state index in [2.05, 4.69) is 29.6 Å². The zero-order valence-corrected chi connectivity index (χ0v) is 12.8. The number of likely N-dealkylation sites (N-methyl/N-ethyl adjacent to an activating group) is 1. The Morgan fingerprint density at radius 3 is 2.70 bits per heavy atom. The quantitative estimate of drug-likeness (QED) is 0.847. The molecule has 2 rings (SSSR count). The summed E-state index contributed by atoms with van der Waals surface area (Å²) in [6.07, 6.45) is 3.67. The summed E-state index contributed by atoms with van der Waals surface area (Å²) >= 11 is 5.88. The molecule has 0 atom stereocenters. The second-order valence-corrected chi connectivity index (χ2v) is 6.07. The minimum Gasteiger partial charge on any atom is -0.325 e. The van der Waals surface area contributed by atoms with Crippen LogP contribution in [-0.4, -0.2) is 43.5 Å². The first kappa shape index (κ1) is 15.3. The van der Waals surface area contributed by atoms with Crippen LogP contribution in [0.25, 0.3) is 0 Å². The van der Waals surface area contributed by atoms with E-state index in [9.17, 15) is 4.79 Å². The third-order valence-electron chi connectivity index (χ3n) is 4.08. The van der Waals surface area contributed by atoms with Gasteiger partial charge in [0.05, 0.1) is 6.54 Å². The van der Waals surface area contributed by atoms with Gasteiger partial charge < -0.3 is 15.5 Å². The summed E-state index contributed by atoms with van der Waals surface area (Å²) < 4.78 is 0. The maximum Gasteiger partial charge on any atom is 0.238 e. The molecule has 0 saturated heterocycles. The van der Waals surface area contributed by atoms with Gasteiger partial charge in [-0.1, -0.05) is 17.7 Å². The minimum atomic E-state index is -0.0412. The lowest BCUT2D eigenvalue weighted by Crippen LogP contribution is -2.57. The summed E-state index contributed by atoms with van der Waals surface area (Å²) in [7, 11) is 4.21. The van der Waals surface area contributed by atoms with Gasteiger partial charge in [-0.15, -0.1) is 0 Å². The minimum absolute atomic E-state index is 0.0412. The number of hydrogen-bond acceptors (Lipinski definition) is 3. The first-order valence-electron chi connectivity index (χ1n) is 6.95. The van der Waals surface area contributed by atoms with E-state index in [1.165, 1.54) is 19.3 Å². The van der Waals surface area contributed by atoms with E-state index in [1.807, 2.05) is 12.1 Å². The van der Waals surface area contributed by atoms with E-state index in [0.717, 1.165) is 12.2 Å². The molecular weight excluding hydrogens is 274 g/mol. The van der Waals surface area contributed by atoms with Crippen LogP contribution in [-0.2, 0) is 4.79 Å². The van der Waals surface area contributed by atoms with Gasteiger partial charge in [-0.25, -0.2) is 0 Å². The highest BCUT2D eigenvalue weighted by molar-refractivity contribution is 6.30. The second kappa shape index (κ2) is 6.57. The van der Waals surface area contributed by atoms with E-state index < -0.39 is 0 Å². The van der Waals surface area contributed by atoms with Crippen LogP contribution in [0, 0.1) is 0 Å². The molecular formula is C15H22ClN3O. The molecule has 0 radical (unpaired) electrons. The predicted molar refractivity (Wildman–Crippen MR) is 83.2 cm³/mol. The Morgan fingerprint density at radius 1 is 1.40 bits per heavy atom. The summed E-state index contributed by atoms with van der Waals surface area (Å²) in [4.78, 5) is 14.1. The maximum atomic E-state index is 11.9. The van der Waals surface area contributed by atoms with Gasteiger partial charge in [-0.2, -0.15) is 0 Å². The third kappa shape index (κ3) is 3.72. The van der Waals surface area contributed by atoms with E-state index in [1.54, 1.807) is 12.1 Å². The Morgan fingerprint density at radius 2 is 2.15 bits per heavy atom. The normalized spacial score (nSPS) is 16.8. The molecule has 110 valence electrons. The van der Waals surface area contributed by atoms with Crippen LogP contribution >= 0.6 is 11.6 Å². The monoisotopic (exact) mass is 295 g/mol. The van der Waals surface area contributed by atoms with Crippen molar-refractivity contribution in [1.82, 2.24) is 10.2 Å². The topological polar surface area (TPSA) is 44.4 Å². The molecule has 1 saturated carbocycles. The first-order valence-corrected chi connectivity index (χ1v) is 7.33. The van der Waals surface area contributed by atoms with E-state index in [4.69, 9.17) is 11.6 Å². The fraction of sp³-hybridized carbons (Fsp3) is 0.533. The Hall–Kier alpha value is -1.10. The second-order valence-electron chi connectivity index (χ2n) is 5.63. The van der Waals surface area contributed by atoms with Crippen molar-refractivity contribution in [3.8, 4) is 0 Å². The molecule has 0 heterocycles. The molecule has 4 nitrogen and oxygen atoms in total. The zero-order chi connectivity index (χ0) is 14.6. The van der Waals surface area contributed by atoms with Gasteiger partial charge in [-0.3, -0.25) is 4.79 Å². The van der Waals surface area contributed by atoms with Crippen LogP contribution in [0.3, 0.4) is 0 Å². The summed E-state index contributed by atoms with van der Waals surface area (Å²) in [6.45, 7) is 1.17. The molecule has 20 heavy (non-hydrogen) atoms. The van der Waals surface area contributed by atoms with Gasteiger partial charge in [0.15, 0.2) is 0 Å². The van der Waals surface area contributed by atoms with Gasteiger partial charge in [0.25, 0.3) is 0 Å². The molecule has 2 N–H and O–H groups in total. The molecule has 0 aromatic heterocycles. The zero-order valence-electron chi connectivity index (χ0n) is 12.1. The van der Waals surface area contributed by atoms with Crippen LogP contribution in [0.1, 0.15) is 19.3 Å². The summed E-state index contributed by atoms with van der Waals surface area (Å²) in [6, 6.07) is 7.18. The van der Waals surface area contributed by atoms with E-state index >= 15 is 0 Å². The van der Waals surface area contributed by atoms with Crippen molar-refractivity contribution >= 4 is 23.2 Å². The lowest BCUT2D eigenvalue weighted by atomic mass is 9.75. The van der Waals surface area contributed by atoms with Crippen LogP contribution in [0.15, 0.2) is 24.3 Å². The third-order valence-corrected chi connectivity index (χ3v) is 4.32.